The van der Waals surface area contributed by atoms with Crippen LogP contribution < -0.4 is 4.74 Å². The van der Waals surface area contributed by atoms with Crippen LogP contribution in [0.5, 0.6) is 5.75 Å². The summed E-state index contributed by atoms with van der Waals surface area (Å²) in [7, 11) is 0. The molecule has 3 nitrogen and oxygen atoms in total. The molecule has 0 heterocycles. The van der Waals surface area contributed by atoms with E-state index in [1.165, 1.54) is 0 Å². The Balaban J connectivity index is 2.65. The van der Waals surface area contributed by atoms with Crippen LogP contribution in [0.1, 0.15) is 34.1 Å². The zero-order chi connectivity index (χ0) is 13.5. The SMILES string of the molecule is CCC(=O)OC(C(C)C)C(C)Oc1ccccc1. The molecule has 0 aliphatic heterocycles. The largest absolute Gasteiger partial charge is 0.487 e. The third kappa shape index (κ3) is 4.40. The first-order chi connectivity index (χ1) is 8.54. The molecule has 0 fully saturated rings. The molecule has 0 saturated carbocycles. The number of hydrogen-bond acceptors (Lipinski definition) is 3. The summed E-state index contributed by atoms with van der Waals surface area (Å²) in [4.78, 5) is 11.4. The van der Waals surface area contributed by atoms with E-state index in [2.05, 4.69) is 0 Å². The van der Waals surface area contributed by atoms with Crippen molar-refractivity contribution in [3.8, 4) is 5.75 Å². The fourth-order valence-electron chi connectivity index (χ4n) is 1.79. The highest BCUT2D eigenvalue weighted by Gasteiger charge is 2.26. The Morgan fingerprint density at radius 3 is 2.28 bits per heavy atom. The molecule has 0 radical (unpaired) electrons. The molecule has 3 heteroatoms. The monoisotopic (exact) mass is 250 g/mol. The predicted molar refractivity (Wildman–Crippen MR) is 71.5 cm³/mol. The molecule has 0 bridgehead atoms. The summed E-state index contributed by atoms with van der Waals surface area (Å²) in [6.45, 7) is 7.78. The highest BCUT2D eigenvalue weighted by atomic mass is 16.6. The predicted octanol–water partition coefficient (Wildman–Crippen LogP) is 3.43. The maximum atomic E-state index is 11.4. The molecule has 1 rings (SSSR count). The first-order valence-electron chi connectivity index (χ1n) is 6.45. The molecule has 0 aliphatic carbocycles. The molecule has 1 aromatic carbocycles. The number of carbonyl (C=O) groups excluding carboxylic acids is 1. The van der Waals surface area contributed by atoms with Gasteiger partial charge in [-0.05, 0) is 25.0 Å². The summed E-state index contributed by atoms with van der Waals surface area (Å²) in [6, 6.07) is 9.58. The van der Waals surface area contributed by atoms with Crippen LogP contribution in [0.4, 0.5) is 0 Å². The Morgan fingerprint density at radius 1 is 1.17 bits per heavy atom. The molecule has 1 aromatic rings. The number of benzene rings is 1. The fourth-order valence-corrected chi connectivity index (χ4v) is 1.79. The molecule has 0 saturated heterocycles. The second kappa shape index (κ2) is 7.04. The van der Waals surface area contributed by atoms with Crippen molar-refractivity contribution < 1.29 is 14.3 Å². The summed E-state index contributed by atoms with van der Waals surface area (Å²) < 4.78 is 11.2. The van der Waals surface area contributed by atoms with Crippen LogP contribution in [0.3, 0.4) is 0 Å². The molecule has 2 unspecified atom stereocenters. The molecule has 0 N–H and O–H groups in total. The molecule has 0 amide bonds. The van der Waals surface area contributed by atoms with E-state index in [1.807, 2.05) is 51.1 Å². The van der Waals surface area contributed by atoms with Gasteiger partial charge >= 0.3 is 5.97 Å². The third-order valence-electron chi connectivity index (χ3n) is 2.74. The van der Waals surface area contributed by atoms with Crippen molar-refractivity contribution in [3.63, 3.8) is 0 Å². The van der Waals surface area contributed by atoms with Gasteiger partial charge in [0.15, 0.2) is 0 Å². The van der Waals surface area contributed by atoms with Crippen LogP contribution in [0.25, 0.3) is 0 Å². The topological polar surface area (TPSA) is 35.5 Å². The molecular formula is C15H22O3. The van der Waals surface area contributed by atoms with E-state index in [0.717, 1.165) is 5.75 Å². The van der Waals surface area contributed by atoms with Gasteiger partial charge in [-0.15, -0.1) is 0 Å². The zero-order valence-electron chi connectivity index (χ0n) is 11.6. The number of carbonyl (C=O) groups is 1. The molecule has 0 aliphatic rings. The Bertz CT molecular complexity index is 359. The number of hydrogen-bond donors (Lipinski definition) is 0. The normalized spacial score (nSPS) is 14.1. The first-order valence-corrected chi connectivity index (χ1v) is 6.45. The number of ether oxygens (including phenoxy) is 2. The van der Waals surface area contributed by atoms with Gasteiger partial charge in [0, 0.05) is 6.42 Å². The van der Waals surface area contributed by atoms with E-state index in [9.17, 15) is 4.79 Å². The highest BCUT2D eigenvalue weighted by molar-refractivity contribution is 5.69. The van der Waals surface area contributed by atoms with E-state index < -0.39 is 0 Å². The van der Waals surface area contributed by atoms with E-state index >= 15 is 0 Å². The highest BCUT2D eigenvalue weighted by Crippen LogP contribution is 2.18. The van der Waals surface area contributed by atoms with E-state index in [-0.39, 0.29) is 24.1 Å². The van der Waals surface area contributed by atoms with Gasteiger partial charge in [-0.3, -0.25) is 4.79 Å². The van der Waals surface area contributed by atoms with Crippen LogP contribution in [0.15, 0.2) is 30.3 Å². The quantitative estimate of drug-likeness (QED) is 0.726. The van der Waals surface area contributed by atoms with Crippen LogP contribution in [-0.2, 0) is 9.53 Å². The second-order valence-electron chi connectivity index (χ2n) is 4.69. The maximum Gasteiger partial charge on any atom is 0.305 e. The lowest BCUT2D eigenvalue weighted by Crippen LogP contribution is -2.37. The van der Waals surface area contributed by atoms with Crippen LogP contribution >= 0.6 is 0 Å². The fraction of sp³-hybridized carbons (Fsp3) is 0.533. The van der Waals surface area contributed by atoms with Gasteiger partial charge in [0.1, 0.15) is 18.0 Å². The minimum absolute atomic E-state index is 0.164. The van der Waals surface area contributed by atoms with E-state index in [4.69, 9.17) is 9.47 Å². The molecule has 0 aromatic heterocycles. The second-order valence-corrected chi connectivity index (χ2v) is 4.69. The van der Waals surface area contributed by atoms with E-state index in [1.54, 1.807) is 6.92 Å². The van der Waals surface area contributed by atoms with Crippen molar-refractivity contribution in [1.82, 2.24) is 0 Å². The van der Waals surface area contributed by atoms with Crippen LogP contribution in [0.2, 0.25) is 0 Å². The van der Waals surface area contributed by atoms with Crippen LogP contribution in [0, 0.1) is 5.92 Å². The molecule has 18 heavy (non-hydrogen) atoms. The van der Waals surface area contributed by atoms with Gasteiger partial charge in [-0.2, -0.15) is 0 Å². The number of esters is 1. The third-order valence-corrected chi connectivity index (χ3v) is 2.74. The zero-order valence-corrected chi connectivity index (χ0v) is 11.6. The lowest BCUT2D eigenvalue weighted by atomic mass is 10.0. The number of para-hydroxylation sites is 1. The van der Waals surface area contributed by atoms with Gasteiger partial charge in [0.25, 0.3) is 0 Å². The summed E-state index contributed by atoms with van der Waals surface area (Å²) in [5.41, 5.74) is 0. The van der Waals surface area contributed by atoms with Crippen molar-refractivity contribution in [2.45, 2.75) is 46.3 Å². The Labute approximate surface area is 109 Å². The summed E-state index contributed by atoms with van der Waals surface area (Å²) >= 11 is 0. The van der Waals surface area contributed by atoms with Gasteiger partial charge in [-0.1, -0.05) is 39.0 Å². The standard InChI is InChI=1S/C15H22O3/c1-5-14(16)18-15(11(2)3)12(4)17-13-9-7-6-8-10-13/h6-12,15H,5H2,1-4H3. The summed E-state index contributed by atoms with van der Waals surface area (Å²) in [5, 5.41) is 0. The summed E-state index contributed by atoms with van der Waals surface area (Å²) in [5.74, 6) is 0.833. The Hall–Kier alpha value is -1.51. The number of rotatable bonds is 6. The Kier molecular flexibility index (Phi) is 5.69. The van der Waals surface area contributed by atoms with Crippen LogP contribution in [-0.4, -0.2) is 18.2 Å². The minimum atomic E-state index is -0.224. The molecule has 0 spiro atoms. The van der Waals surface area contributed by atoms with Crippen molar-refractivity contribution in [3.05, 3.63) is 30.3 Å². The molecule has 2 atom stereocenters. The van der Waals surface area contributed by atoms with Gasteiger partial charge in [0.2, 0.25) is 0 Å². The molecule has 100 valence electrons. The van der Waals surface area contributed by atoms with Crippen molar-refractivity contribution >= 4 is 5.97 Å². The Morgan fingerprint density at radius 2 is 1.78 bits per heavy atom. The average Bonchev–Trinajstić information content (AvgIpc) is 2.36. The van der Waals surface area contributed by atoms with E-state index in [0.29, 0.717) is 6.42 Å². The van der Waals surface area contributed by atoms with Crippen molar-refractivity contribution in [1.29, 1.82) is 0 Å². The molecular weight excluding hydrogens is 228 g/mol. The summed E-state index contributed by atoms with van der Waals surface area (Å²) in [6.07, 6.45) is 0.00178. The lowest BCUT2D eigenvalue weighted by Gasteiger charge is -2.27. The van der Waals surface area contributed by atoms with Gasteiger partial charge in [-0.25, -0.2) is 0 Å². The van der Waals surface area contributed by atoms with Gasteiger partial charge in [0.05, 0.1) is 0 Å². The smallest absolute Gasteiger partial charge is 0.305 e. The first kappa shape index (κ1) is 14.6. The van der Waals surface area contributed by atoms with Gasteiger partial charge < -0.3 is 9.47 Å². The minimum Gasteiger partial charge on any atom is -0.487 e. The van der Waals surface area contributed by atoms with Crippen molar-refractivity contribution in [2.24, 2.45) is 5.92 Å². The lowest BCUT2D eigenvalue weighted by molar-refractivity contribution is -0.156. The van der Waals surface area contributed by atoms with Crippen molar-refractivity contribution in [2.75, 3.05) is 0 Å². The average molecular weight is 250 g/mol. The maximum absolute atomic E-state index is 11.4.